The van der Waals surface area contributed by atoms with E-state index in [2.05, 4.69) is 10.2 Å². The molecule has 1 N–H and O–H groups in total. The topological polar surface area (TPSA) is 87.0 Å². The van der Waals surface area contributed by atoms with Crippen LogP contribution < -0.4 is 5.32 Å². The number of aromatic nitrogens is 2. The van der Waals surface area contributed by atoms with Crippen LogP contribution in [0.1, 0.15) is 15.9 Å². The van der Waals surface area contributed by atoms with E-state index >= 15 is 0 Å². The van der Waals surface area contributed by atoms with Crippen LogP contribution in [0.15, 0.2) is 77.8 Å². The number of nitrogens with one attached hydrogen (secondary N) is 1. The van der Waals surface area contributed by atoms with Crippen LogP contribution in [-0.2, 0) is 10.0 Å². The number of carbonyl (C=O) groups excluding carboxylic acids is 1. The number of hydrogen-bond donors (Lipinski definition) is 1. The van der Waals surface area contributed by atoms with Gasteiger partial charge in [-0.3, -0.25) is 9.20 Å². The lowest BCUT2D eigenvalue weighted by Gasteiger charge is -2.31. The number of aryl methyl sites for hydroxylation is 1. The summed E-state index contributed by atoms with van der Waals surface area (Å²) in [4.78, 5) is 20.4. The van der Waals surface area contributed by atoms with Gasteiger partial charge in [-0.15, -0.1) is 0 Å². The van der Waals surface area contributed by atoms with Crippen molar-refractivity contribution < 1.29 is 13.2 Å². The van der Waals surface area contributed by atoms with Crippen molar-refractivity contribution >= 4 is 27.4 Å². The predicted octanol–water partition coefficient (Wildman–Crippen LogP) is 3.50. The first kappa shape index (κ1) is 23.2. The molecular weight excluding hydrogens is 462 g/mol. The second kappa shape index (κ2) is 9.26. The van der Waals surface area contributed by atoms with Crippen molar-refractivity contribution in [2.45, 2.75) is 11.8 Å². The average molecular weight is 490 g/mol. The quantitative estimate of drug-likeness (QED) is 0.464. The Balaban J connectivity index is 1.49. The molecule has 0 bridgehead atoms. The van der Waals surface area contributed by atoms with E-state index in [4.69, 9.17) is 4.98 Å². The van der Waals surface area contributed by atoms with Gasteiger partial charge in [0.1, 0.15) is 17.2 Å². The zero-order chi connectivity index (χ0) is 24.6. The first-order valence-corrected chi connectivity index (χ1v) is 12.9. The maximum absolute atomic E-state index is 13.4. The first-order valence-electron chi connectivity index (χ1n) is 11.5. The van der Waals surface area contributed by atoms with Crippen LogP contribution >= 0.6 is 0 Å². The van der Waals surface area contributed by atoms with Gasteiger partial charge < -0.3 is 10.2 Å². The van der Waals surface area contributed by atoms with Gasteiger partial charge in [-0.1, -0.05) is 42.5 Å². The summed E-state index contributed by atoms with van der Waals surface area (Å²) in [6, 6.07) is 19.7. The Labute approximate surface area is 204 Å². The maximum Gasteiger partial charge on any atom is 0.256 e. The number of benzene rings is 2. The van der Waals surface area contributed by atoms with Gasteiger partial charge in [0, 0.05) is 43.5 Å². The lowest BCUT2D eigenvalue weighted by molar-refractivity contribution is 0.102. The monoisotopic (exact) mass is 489 g/mol. The normalized spacial score (nSPS) is 15.4. The Bertz CT molecular complexity index is 1490. The molecule has 0 spiro atoms. The molecule has 0 radical (unpaired) electrons. The second-order valence-corrected chi connectivity index (χ2v) is 10.7. The van der Waals surface area contributed by atoms with E-state index in [1.807, 2.05) is 67.0 Å². The number of hydrogen-bond acceptors (Lipinski definition) is 5. The largest absolute Gasteiger partial charge is 0.306 e. The van der Waals surface area contributed by atoms with Crippen molar-refractivity contribution in [1.29, 1.82) is 0 Å². The van der Waals surface area contributed by atoms with Crippen LogP contribution in [0.3, 0.4) is 0 Å². The number of likely N-dealkylation sites (N-methyl/N-ethyl adjacent to an activating group) is 1. The Morgan fingerprint density at radius 1 is 0.943 bits per heavy atom. The van der Waals surface area contributed by atoms with E-state index in [1.54, 1.807) is 12.1 Å². The number of imidazole rings is 1. The Morgan fingerprint density at radius 2 is 1.69 bits per heavy atom. The number of carbonyl (C=O) groups is 1. The summed E-state index contributed by atoms with van der Waals surface area (Å²) in [6.45, 7) is 4.17. The van der Waals surface area contributed by atoms with Crippen LogP contribution in [0.5, 0.6) is 0 Å². The third-order valence-electron chi connectivity index (χ3n) is 6.32. The molecule has 1 aliphatic heterocycles. The molecular formula is C26H27N5O3S. The molecule has 4 aromatic rings. The van der Waals surface area contributed by atoms with Crippen molar-refractivity contribution in [2.75, 3.05) is 38.5 Å². The highest BCUT2D eigenvalue weighted by Gasteiger charge is 2.28. The number of sulfonamides is 1. The summed E-state index contributed by atoms with van der Waals surface area (Å²) in [5, 5.41) is 2.99. The zero-order valence-corrected chi connectivity index (χ0v) is 20.5. The third-order valence-corrected chi connectivity index (χ3v) is 8.22. The molecule has 2 aromatic heterocycles. The standard InChI is InChI=1S/C26H27N5O3S/c1-19-8-7-13-31-24(19)27-23(20-9-4-3-5-10-20)25(31)28-26(32)21-11-6-12-22(18-21)35(33,34)30-16-14-29(2)15-17-30/h3-13,18H,14-17H2,1-2H3,(H,28,32). The van der Waals surface area contributed by atoms with E-state index in [-0.39, 0.29) is 10.5 Å². The van der Waals surface area contributed by atoms with E-state index in [0.29, 0.717) is 37.7 Å². The fraction of sp³-hybridized carbons (Fsp3) is 0.231. The van der Waals surface area contributed by atoms with Gasteiger partial charge in [-0.2, -0.15) is 4.31 Å². The van der Waals surface area contributed by atoms with Gasteiger partial charge in [0.25, 0.3) is 5.91 Å². The lowest BCUT2D eigenvalue weighted by atomic mass is 10.1. The molecule has 9 heteroatoms. The molecule has 0 atom stereocenters. The molecule has 3 heterocycles. The summed E-state index contributed by atoms with van der Waals surface area (Å²) in [5.41, 5.74) is 3.51. The van der Waals surface area contributed by atoms with Gasteiger partial charge in [-0.05, 0) is 43.8 Å². The highest BCUT2D eigenvalue weighted by molar-refractivity contribution is 7.89. The second-order valence-electron chi connectivity index (χ2n) is 8.75. The fourth-order valence-electron chi connectivity index (χ4n) is 4.28. The number of nitrogens with zero attached hydrogens (tertiary/aromatic N) is 4. The zero-order valence-electron chi connectivity index (χ0n) is 19.7. The fourth-order valence-corrected chi connectivity index (χ4v) is 5.74. The van der Waals surface area contributed by atoms with E-state index in [0.717, 1.165) is 16.8 Å². The molecule has 35 heavy (non-hydrogen) atoms. The van der Waals surface area contributed by atoms with Crippen LogP contribution in [0.25, 0.3) is 16.9 Å². The number of rotatable bonds is 5. The van der Waals surface area contributed by atoms with Gasteiger partial charge in [0.05, 0.1) is 4.90 Å². The highest BCUT2D eigenvalue weighted by Crippen LogP contribution is 2.30. The molecule has 2 aromatic carbocycles. The molecule has 5 rings (SSSR count). The summed E-state index contributed by atoms with van der Waals surface area (Å²) in [6.07, 6.45) is 1.85. The number of anilines is 1. The average Bonchev–Trinajstić information content (AvgIpc) is 3.24. The SMILES string of the molecule is Cc1cccn2c(NC(=O)c3cccc(S(=O)(=O)N4CCN(C)CC4)c3)c(-c3ccccc3)nc12. The lowest BCUT2D eigenvalue weighted by Crippen LogP contribution is -2.47. The van der Waals surface area contributed by atoms with Gasteiger partial charge >= 0.3 is 0 Å². The van der Waals surface area contributed by atoms with Gasteiger partial charge in [0.15, 0.2) is 0 Å². The van der Waals surface area contributed by atoms with Crippen molar-refractivity contribution in [3.8, 4) is 11.3 Å². The van der Waals surface area contributed by atoms with Crippen molar-refractivity contribution in [3.63, 3.8) is 0 Å². The molecule has 0 aliphatic carbocycles. The van der Waals surface area contributed by atoms with Crippen LogP contribution in [0.4, 0.5) is 5.82 Å². The number of amides is 1. The van der Waals surface area contributed by atoms with E-state index < -0.39 is 15.9 Å². The van der Waals surface area contributed by atoms with E-state index in [9.17, 15) is 13.2 Å². The Kier molecular flexibility index (Phi) is 6.14. The smallest absolute Gasteiger partial charge is 0.256 e. The number of fused-ring (bicyclic) bond motifs is 1. The molecule has 0 unspecified atom stereocenters. The van der Waals surface area contributed by atoms with Crippen LogP contribution in [0, 0.1) is 6.92 Å². The molecule has 1 amide bonds. The Hall–Kier alpha value is -3.53. The third kappa shape index (κ3) is 4.45. The van der Waals surface area contributed by atoms with Crippen LogP contribution in [0.2, 0.25) is 0 Å². The minimum Gasteiger partial charge on any atom is -0.306 e. The van der Waals surface area contributed by atoms with Gasteiger partial charge in [0.2, 0.25) is 10.0 Å². The predicted molar refractivity (Wildman–Crippen MR) is 136 cm³/mol. The van der Waals surface area contributed by atoms with Crippen molar-refractivity contribution in [1.82, 2.24) is 18.6 Å². The maximum atomic E-state index is 13.4. The number of piperazine rings is 1. The molecule has 0 saturated carbocycles. The molecule has 1 aliphatic rings. The summed E-state index contributed by atoms with van der Waals surface area (Å²) in [7, 11) is -1.71. The number of pyridine rings is 1. The van der Waals surface area contributed by atoms with Crippen molar-refractivity contribution in [3.05, 3.63) is 84.1 Å². The van der Waals surface area contributed by atoms with E-state index in [1.165, 1.54) is 16.4 Å². The molecule has 8 nitrogen and oxygen atoms in total. The molecule has 1 saturated heterocycles. The van der Waals surface area contributed by atoms with Crippen molar-refractivity contribution in [2.24, 2.45) is 0 Å². The summed E-state index contributed by atoms with van der Waals surface area (Å²) in [5.74, 6) is 0.133. The summed E-state index contributed by atoms with van der Waals surface area (Å²) < 4.78 is 29.7. The first-order chi connectivity index (χ1) is 16.8. The van der Waals surface area contributed by atoms with Gasteiger partial charge in [-0.25, -0.2) is 13.4 Å². The Morgan fingerprint density at radius 3 is 2.43 bits per heavy atom. The molecule has 180 valence electrons. The molecule has 1 fully saturated rings. The minimum atomic E-state index is -3.69. The van der Waals surface area contributed by atoms with Crippen LogP contribution in [-0.4, -0.2) is 66.1 Å². The highest BCUT2D eigenvalue weighted by atomic mass is 32.2. The summed E-state index contributed by atoms with van der Waals surface area (Å²) >= 11 is 0. The minimum absolute atomic E-state index is 0.118.